The number of aryl methyl sites for hydroxylation is 1. The summed E-state index contributed by atoms with van der Waals surface area (Å²) in [6.45, 7) is 6.93. The van der Waals surface area contributed by atoms with Crippen molar-refractivity contribution in [2.24, 2.45) is 0 Å². The zero-order valence-corrected chi connectivity index (χ0v) is 12.4. The third-order valence-electron chi connectivity index (χ3n) is 3.36. The van der Waals surface area contributed by atoms with Crippen molar-refractivity contribution in [1.29, 1.82) is 0 Å². The normalized spacial score (nSPS) is 10.8. The van der Waals surface area contributed by atoms with Gasteiger partial charge in [-0.05, 0) is 48.2 Å². The van der Waals surface area contributed by atoms with Crippen LogP contribution in [0.25, 0.3) is 0 Å². The molecule has 0 aliphatic heterocycles. The molecule has 0 saturated heterocycles. The Bertz CT molecular complexity index is 565. The van der Waals surface area contributed by atoms with Crippen LogP contribution >= 0.6 is 0 Å². The minimum Gasteiger partial charge on any atom is -0.493 e. The van der Waals surface area contributed by atoms with E-state index < -0.39 is 0 Å². The van der Waals surface area contributed by atoms with Gasteiger partial charge in [-0.3, -0.25) is 4.98 Å². The number of nitrogens with zero attached hydrogens (tertiary/aromatic N) is 1. The molecule has 0 amide bonds. The molecule has 1 heterocycles. The lowest BCUT2D eigenvalue weighted by Gasteiger charge is -2.16. The Hall–Kier alpha value is -2.03. The SMILES string of the molecule is Cc1cc(OCCc2ccccn2)c(C(C)C)cc1N. The number of pyridine rings is 1. The lowest BCUT2D eigenvalue weighted by Crippen LogP contribution is -2.06. The van der Waals surface area contributed by atoms with E-state index in [1.54, 1.807) is 0 Å². The van der Waals surface area contributed by atoms with Gasteiger partial charge in [0.15, 0.2) is 0 Å². The number of anilines is 1. The van der Waals surface area contributed by atoms with Gasteiger partial charge in [-0.1, -0.05) is 19.9 Å². The molecule has 0 bridgehead atoms. The van der Waals surface area contributed by atoms with Crippen LogP contribution < -0.4 is 10.5 Å². The predicted molar refractivity (Wildman–Crippen MR) is 83.1 cm³/mol. The summed E-state index contributed by atoms with van der Waals surface area (Å²) in [5.74, 6) is 1.32. The lowest BCUT2D eigenvalue weighted by atomic mass is 9.99. The van der Waals surface area contributed by atoms with Crippen molar-refractivity contribution < 1.29 is 4.74 Å². The standard InChI is InChI=1S/C17H22N2O/c1-12(2)15-11-16(18)13(3)10-17(15)20-9-7-14-6-4-5-8-19-14/h4-6,8,10-12H,7,9,18H2,1-3H3. The van der Waals surface area contributed by atoms with Crippen LogP contribution in [0, 0.1) is 6.92 Å². The first kappa shape index (κ1) is 14.4. The molecule has 2 rings (SSSR count). The summed E-state index contributed by atoms with van der Waals surface area (Å²) in [6, 6.07) is 9.99. The van der Waals surface area contributed by atoms with Crippen molar-refractivity contribution >= 4 is 5.69 Å². The van der Waals surface area contributed by atoms with E-state index in [-0.39, 0.29) is 0 Å². The Morgan fingerprint density at radius 2 is 2.05 bits per heavy atom. The van der Waals surface area contributed by atoms with Gasteiger partial charge in [0.1, 0.15) is 5.75 Å². The zero-order valence-electron chi connectivity index (χ0n) is 12.4. The molecule has 0 radical (unpaired) electrons. The molecule has 2 aromatic rings. The molecule has 106 valence electrons. The number of aromatic nitrogens is 1. The van der Waals surface area contributed by atoms with Gasteiger partial charge in [-0.15, -0.1) is 0 Å². The second kappa shape index (κ2) is 6.42. The van der Waals surface area contributed by atoms with Gasteiger partial charge in [0, 0.05) is 24.0 Å². The van der Waals surface area contributed by atoms with E-state index in [1.807, 2.05) is 43.5 Å². The van der Waals surface area contributed by atoms with Crippen LogP contribution in [0.5, 0.6) is 5.75 Å². The van der Waals surface area contributed by atoms with Crippen LogP contribution in [0.4, 0.5) is 5.69 Å². The van der Waals surface area contributed by atoms with Gasteiger partial charge in [-0.25, -0.2) is 0 Å². The molecular formula is C17H22N2O. The second-order valence-corrected chi connectivity index (χ2v) is 5.32. The van der Waals surface area contributed by atoms with Crippen molar-refractivity contribution in [2.45, 2.75) is 33.1 Å². The van der Waals surface area contributed by atoms with E-state index in [1.165, 1.54) is 0 Å². The molecule has 0 fully saturated rings. The molecule has 0 aliphatic rings. The largest absolute Gasteiger partial charge is 0.493 e. The van der Waals surface area contributed by atoms with Crippen molar-refractivity contribution in [3.05, 3.63) is 53.3 Å². The summed E-state index contributed by atoms with van der Waals surface area (Å²) in [6.07, 6.45) is 2.62. The van der Waals surface area contributed by atoms with Crippen LogP contribution in [-0.4, -0.2) is 11.6 Å². The number of nitrogens with two attached hydrogens (primary N) is 1. The second-order valence-electron chi connectivity index (χ2n) is 5.32. The Labute approximate surface area is 120 Å². The fourth-order valence-corrected chi connectivity index (χ4v) is 2.10. The first-order valence-electron chi connectivity index (χ1n) is 7.00. The molecule has 20 heavy (non-hydrogen) atoms. The van der Waals surface area contributed by atoms with Crippen molar-refractivity contribution in [3.8, 4) is 5.75 Å². The summed E-state index contributed by atoms with van der Waals surface area (Å²) >= 11 is 0. The summed E-state index contributed by atoms with van der Waals surface area (Å²) in [5.41, 5.74) is 10.1. The maximum atomic E-state index is 5.98. The molecule has 1 aromatic carbocycles. The average molecular weight is 270 g/mol. The third-order valence-corrected chi connectivity index (χ3v) is 3.36. The van der Waals surface area contributed by atoms with Crippen LogP contribution in [-0.2, 0) is 6.42 Å². The van der Waals surface area contributed by atoms with Crippen LogP contribution in [0.2, 0.25) is 0 Å². The number of nitrogen functional groups attached to an aromatic ring is 1. The Kier molecular flexibility index (Phi) is 4.61. The molecular weight excluding hydrogens is 248 g/mol. The fraction of sp³-hybridized carbons (Fsp3) is 0.353. The smallest absolute Gasteiger partial charge is 0.123 e. The predicted octanol–water partition coefficient (Wildman–Crippen LogP) is 3.72. The van der Waals surface area contributed by atoms with Crippen molar-refractivity contribution in [2.75, 3.05) is 12.3 Å². The number of benzene rings is 1. The molecule has 0 aliphatic carbocycles. The molecule has 0 saturated carbocycles. The van der Waals surface area contributed by atoms with Crippen molar-refractivity contribution in [3.63, 3.8) is 0 Å². The van der Waals surface area contributed by atoms with Gasteiger partial charge in [-0.2, -0.15) is 0 Å². The molecule has 0 atom stereocenters. The van der Waals surface area contributed by atoms with E-state index >= 15 is 0 Å². The van der Waals surface area contributed by atoms with Crippen LogP contribution in [0.15, 0.2) is 36.5 Å². The zero-order chi connectivity index (χ0) is 14.5. The highest BCUT2D eigenvalue weighted by molar-refractivity contribution is 5.55. The van der Waals surface area contributed by atoms with Crippen LogP contribution in [0.1, 0.15) is 36.6 Å². The number of rotatable bonds is 5. The van der Waals surface area contributed by atoms with Crippen LogP contribution in [0.3, 0.4) is 0 Å². The fourth-order valence-electron chi connectivity index (χ4n) is 2.10. The van der Waals surface area contributed by atoms with Gasteiger partial charge in [0.2, 0.25) is 0 Å². The number of hydrogen-bond donors (Lipinski definition) is 1. The Balaban J connectivity index is 2.07. The minimum absolute atomic E-state index is 0.391. The first-order chi connectivity index (χ1) is 9.58. The summed E-state index contributed by atoms with van der Waals surface area (Å²) in [5, 5.41) is 0. The van der Waals surface area contributed by atoms with Gasteiger partial charge < -0.3 is 10.5 Å². The van der Waals surface area contributed by atoms with E-state index in [0.717, 1.165) is 34.7 Å². The summed E-state index contributed by atoms with van der Waals surface area (Å²) in [7, 11) is 0. The topological polar surface area (TPSA) is 48.1 Å². The molecule has 3 heteroatoms. The summed E-state index contributed by atoms with van der Waals surface area (Å²) < 4.78 is 5.94. The average Bonchev–Trinajstić information content (AvgIpc) is 2.43. The Morgan fingerprint density at radius 3 is 2.70 bits per heavy atom. The third kappa shape index (κ3) is 3.50. The number of ether oxygens (including phenoxy) is 1. The van der Waals surface area contributed by atoms with Gasteiger partial charge in [0.25, 0.3) is 0 Å². The lowest BCUT2D eigenvalue weighted by molar-refractivity contribution is 0.316. The molecule has 2 N–H and O–H groups in total. The highest BCUT2D eigenvalue weighted by Crippen LogP contribution is 2.31. The van der Waals surface area contributed by atoms with Crippen molar-refractivity contribution in [1.82, 2.24) is 4.98 Å². The Morgan fingerprint density at radius 1 is 1.25 bits per heavy atom. The molecule has 0 unspecified atom stereocenters. The maximum Gasteiger partial charge on any atom is 0.123 e. The van der Waals surface area contributed by atoms with E-state index in [9.17, 15) is 0 Å². The monoisotopic (exact) mass is 270 g/mol. The van der Waals surface area contributed by atoms with Gasteiger partial charge in [0.05, 0.1) is 6.61 Å². The van der Waals surface area contributed by atoms with E-state index in [2.05, 4.69) is 18.8 Å². The van der Waals surface area contributed by atoms with Gasteiger partial charge >= 0.3 is 0 Å². The summed E-state index contributed by atoms with van der Waals surface area (Å²) in [4.78, 5) is 4.30. The van der Waals surface area contributed by atoms with E-state index in [4.69, 9.17) is 10.5 Å². The first-order valence-corrected chi connectivity index (χ1v) is 7.00. The quantitative estimate of drug-likeness (QED) is 0.842. The maximum absolute atomic E-state index is 5.98. The minimum atomic E-state index is 0.391. The highest BCUT2D eigenvalue weighted by Gasteiger charge is 2.10. The molecule has 1 aromatic heterocycles. The number of hydrogen-bond acceptors (Lipinski definition) is 3. The van der Waals surface area contributed by atoms with E-state index in [0.29, 0.717) is 12.5 Å². The molecule has 0 spiro atoms. The highest BCUT2D eigenvalue weighted by atomic mass is 16.5. The molecule has 3 nitrogen and oxygen atoms in total.